The van der Waals surface area contributed by atoms with E-state index in [4.69, 9.17) is 0 Å². The Labute approximate surface area is 109 Å². The van der Waals surface area contributed by atoms with Gasteiger partial charge in [0.25, 0.3) is 0 Å². The summed E-state index contributed by atoms with van der Waals surface area (Å²) in [4.78, 5) is 11.7. The van der Waals surface area contributed by atoms with Gasteiger partial charge < -0.3 is 10.4 Å². The second-order valence-electron chi connectivity index (χ2n) is 4.16. The topological polar surface area (TPSA) is 67.2 Å². The molecule has 6 heteroatoms. The Morgan fingerprint density at radius 2 is 2.32 bits per heavy atom. The highest BCUT2D eigenvalue weighted by Crippen LogP contribution is 2.18. The van der Waals surface area contributed by atoms with Crippen molar-refractivity contribution >= 4 is 11.7 Å². The molecule has 5 nitrogen and oxygen atoms in total. The number of aromatic nitrogens is 2. The number of carbonyl (C=O) groups excluding carboxylic acids is 1. The first-order valence-corrected chi connectivity index (χ1v) is 5.77. The lowest BCUT2D eigenvalue weighted by molar-refractivity contribution is -0.118. The molecule has 1 heterocycles. The van der Waals surface area contributed by atoms with Gasteiger partial charge in [-0.1, -0.05) is 12.1 Å². The summed E-state index contributed by atoms with van der Waals surface area (Å²) in [5.41, 5.74) is 0.375. The fourth-order valence-electron chi connectivity index (χ4n) is 1.70. The van der Waals surface area contributed by atoms with Gasteiger partial charge in [-0.15, -0.1) is 0 Å². The normalized spacial score (nSPS) is 12.2. The number of aliphatic hydroxyl groups excluding tert-OH is 1. The molecule has 0 radical (unpaired) electrons. The minimum Gasteiger partial charge on any atom is -0.388 e. The molecule has 19 heavy (non-hydrogen) atoms. The highest BCUT2D eigenvalue weighted by atomic mass is 19.1. The summed E-state index contributed by atoms with van der Waals surface area (Å²) in [5.74, 6) is -0.264. The number of nitrogens with one attached hydrogen (secondary N) is 1. The minimum atomic E-state index is -1.04. The molecule has 2 aromatic rings. The number of aliphatic hydroxyl groups is 1. The number of amides is 1. The Morgan fingerprint density at radius 3 is 2.95 bits per heavy atom. The predicted molar refractivity (Wildman–Crippen MR) is 67.8 cm³/mol. The molecule has 0 aliphatic carbocycles. The maximum absolute atomic E-state index is 13.0. The number of halogens is 1. The van der Waals surface area contributed by atoms with E-state index < -0.39 is 11.9 Å². The lowest BCUT2D eigenvalue weighted by Crippen LogP contribution is -2.17. The van der Waals surface area contributed by atoms with Gasteiger partial charge in [0.1, 0.15) is 11.6 Å². The molecule has 0 aliphatic rings. The maximum Gasteiger partial charge on any atom is 0.228 e. The fraction of sp³-hybridized carbons (Fsp3) is 0.231. The van der Waals surface area contributed by atoms with Crippen LogP contribution in [0.2, 0.25) is 0 Å². The zero-order valence-electron chi connectivity index (χ0n) is 10.4. The van der Waals surface area contributed by atoms with Crippen molar-refractivity contribution in [2.24, 2.45) is 7.05 Å². The van der Waals surface area contributed by atoms with E-state index in [2.05, 4.69) is 10.4 Å². The highest BCUT2D eigenvalue weighted by Gasteiger charge is 2.14. The van der Waals surface area contributed by atoms with Crippen molar-refractivity contribution in [3.8, 4) is 0 Å². The molecule has 0 aliphatic heterocycles. The number of hydrogen-bond donors (Lipinski definition) is 2. The van der Waals surface area contributed by atoms with E-state index in [0.29, 0.717) is 11.4 Å². The van der Waals surface area contributed by atoms with Gasteiger partial charge in [0.15, 0.2) is 0 Å². The molecule has 1 aromatic carbocycles. The molecule has 1 aromatic heterocycles. The molecule has 1 unspecified atom stereocenters. The van der Waals surface area contributed by atoms with Crippen LogP contribution in [0.4, 0.5) is 10.2 Å². The van der Waals surface area contributed by atoms with E-state index in [1.807, 2.05) is 0 Å². The van der Waals surface area contributed by atoms with Gasteiger partial charge in [-0.3, -0.25) is 9.48 Å². The summed E-state index contributed by atoms with van der Waals surface area (Å²) in [5, 5.41) is 16.4. The number of nitrogens with zero attached hydrogens (tertiary/aromatic N) is 2. The Hall–Kier alpha value is -2.21. The molecule has 2 rings (SSSR count). The van der Waals surface area contributed by atoms with Crippen LogP contribution in [0, 0.1) is 5.82 Å². The van der Waals surface area contributed by atoms with Gasteiger partial charge in [-0.05, 0) is 17.7 Å². The van der Waals surface area contributed by atoms with Crippen molar-refractivity contribution in [3.63, 3.8) is 0 Å². The smallest absolute Gasteiger partial charge is 0.228 e. The molecule has 0 bridgehead atoms. The lowest BCUT2D eigenvalue weighted by atomic mass is 10.1. The second kappa shape index (κ2) is 5.62. The minimum absolute atomic E-state index is 0.144. The van der Waals surface area contributed by atoms with Crippen LogP contribution in [0.25, 0.3) is 0 Å². The summed E-state index contributed by atoms with van der Waals surface area (Å²) in [6.45, 7) is 0. The molecule has 2 N–H and O–H groups in total. The molecule has 0 spiro atoms. The van der Waals surface area contributed by atoms with Crippen LogP contribution in [0.15, 0.2) is 36.5 Å². The Morgan fingerprint density at radius 1 is 1.53 bits per heavy atom. The van der Waals surface area contributed by atoms with Crippen molar-refractivity contribution in [3.05, 3.63) is 47.9 Å². The van der Waals surface area contributed by atoms with E-state index >= 15 is 0 Å². The van der Waals surface area contributed by atoms with Gasteiger partial charge in [-0.2, -0.15) is 5.10 Å². The number of anilines is 1. The number of rotatable bonds is 4. The molecular weight excluding hydrogens is 249 g/mol. The van der Waals surface area contributed by atoms with E-state index in [-0.39, 0.29) is 12.3 Å². The van der Waals surface area contributed by atoms with Crippen LogP contribution in [0.1, 0.15) is 18.1 Å². The summed E-state index contributed by atoms with van der Waals surface area (Å²) in [7, 11) is 1.69. The van der Waals surface area contributed by atoms with Crippen LogP contribution in [0.5, 0.6) is 0 Å². The third-order valence-electron chi connectivity index (χ3n) is 2.70. The Balaban J connectivity index is 1.97. The summed E-state index contributed by atoms with van der Waals surface area (Å²) in [6.07, 6.45) is 0.372. The van der Waals surface area contributed by atoms with Gasteiger partial charge in [-0.25, -0.2) is 4.39 Å². The maximum atomic E-state index is 13.0. The van der Waals surface area contributed by atoms with Crippen LogP contribution in [-0.2, 0) is 11.8 Å². The average Bonchev–Trinajstić information content (AvgIpc) is 2.75. The first-order valence-electron chi connectivity index (χ1n) is 5.77. The average molecular weight is 263 g/mol. The van der Waals surface area contributed by atoms with Gasteiger partial charge in [0, 0.05) is 13.1 Å². The first-order chi connectivity index (χ1) is 9.06. The lowest BCUT2D eigenvalue weighted by Gasteiger charge is -2.11. The van der Waals surface area contributed by atoms with Crippen LogP contribution >= 0.6 is 0 Å². The molecule has 0 fully saturated rings. The van der Waals surface area contributed by atoms with Gasteiger partial charge in [0.2, 0.25) is 5.91 Å². The van der Waals surface area contributed by atoms with E-state index in [0.717, 1.165) is 0 Å². The van der Waals surface area contributed by atoms with E-state index in [1.165, 1.54) is 22.9 Å². The second-order valence-corrected chi connectivity index (χ2v) is 4.16. The number of carbonyl (C=O) groups is 1. The van der Waals surface area contributed by atoms with Crippen LogP contribution < -0.4 is 5.32 Å². The fourth-order valence-corrected chi connectivity index (χ4v) is 1.70. The van der Waals surface area contributed by atoms with Crippen molar-refractivity contribution in [2.45, 2.75) is 12.5 Å². The standard InChI is InChI=1S/C13H14FN3O2/c1-17-12(5-6-15-17)16-13(19)8-11(18)9-3-2-4-10(14)7-9/h2-7,11,18H,8H2,1H3,(H,16,19). The zero-order valence-corrected chi connectivity index (χ0v) is 10.4. The molecule has 0 saturated carbocycles. The third-order valence-corrected chi connectivity index (χ3v) is 2.70. The number of benzene rings is 1. The number of aryl methyl sites for hydroxylation is 1. The summed E-state index contributed by atoms with van der Waals surface area (Å²) in [6, 6.07) is 7.21. The summed E-state index contributed by atoms with van der Waals surface area (Å²) < 4.78 is 14.5. The van der Waals surface area contributed by atoms with Crippen molar-refractivity contribution in [1.29, 1.82) is 0 Å². The van der Waals surface area contributed by atoms with E-state index in [1.54, 1.807) is 25.4 Å². The van der Waals surface area contributed by atoms with Gasteiger partial charge in [0.05, 0.1) is 18.7 Å². The van der Waals surface area contributed by atoms with Crippen molar-refractivity contribution in [1.82, 2.24) is 9.78 Å². The Bertz CT molecular complexity index is 583. The Kier molecular flexibility index (Phi) is 3.91. The SMILES string of the molecule is Cn1nccc1NC(=O)CC(O)c1cccc(F)c1. The molecule has 100 valence electrons. The quantitative estimate of drug-likeness (QED) is 0.880. The highest BCUT2D eigenvalue weighted by molar-refractivity contribution is 5.90. The van der Waals surface area contributed by atoms with Crippen molar-refractivity contribution < 1.29 is 14.3 Å². The largest absolute Gasteiger partial charge is 0.388 e. The monoisotopic (exact) mass is 263 g/mol. The van der Waals surface area contributed by atoms with Crippen molar-refractivity contribution in [2.75, 3.05) is 5.32 Å². The zero-order chi connectivity index (χ0) is 13.8. The molecule has 1 atom stereocenters. The third kappa shape index (κ3) is 3.38. The molecule has 0 saturated heterocycles. The van der Waals surface area contributed by atoms with Gasteiger partial charge >= 0.3 is 0 Å². The van der Waals surface area contributed by atoms with E-state index in [9.17, 15) is 14.3 Å². The van der Waals surface area contributed by atoms with Crippen LogP contribution in [0.3, 0.4) is 0 Å². The molecule has 1 amide bonds. The molecular formula is C13H14FN3O2. The first kappa shape index (κ1) is 13.2. The van der Waals surface area contributed by atoms with Crippen LogP contribution in [-0.4, -0.2) is 20.8 Å². The number of hydrogen-bond acceptors (Lipinski definition) is 3. The summed E-state index contributed by atoms with van der Waals surface area (Å²) >= 11 is 0. The predicted octanol–water partition coefficient (Wildman–Crippen LogP) is 1.62.